The third kappa shape index (κ3) is 2.94. The molecule has 1 atom stereocenters. The molecule has 7 heteroatoms. The van der Waals surface area contributed by atoms with E-state index in [0.717, 1.165) is 24.0 Å². The summed E-state index contributed by atoms with van der Waals surface area (Å²) in [6, 6.07) is 5.31. The van der Waals surface area contributed by atoms with Crippen LogP contribution in [-0.4, -0.2) is 40.7 Å². The Morgan fingerprint density at radius 1 is 1.28 bits per heavy atom. The molecule has 1 unspecified atom stereocenters. The van der Waals surface area contributed by atoms with Gasteiger partial charge in [0.1, 0.15) is 6.04 Å². The molecule has 25 heavy (non-hydrogen) atoms. The highest BCUT2D eigenvalue weighted by Gasteiger charge is 2.41. The van der Waals surface area contributed by atoms with Gasteiger partial charge in [0.05, 0.1) is 0 Å². The zero-order chi connectivity index (χ0) is 17.6. The lowest BCUT2D eigenvalue weighted by Crippen LogP contribution is -2.52. The lowest BCUT2D eigenvalue weighted by atomic mass is 10.0. The predicted octanol–water partition coefficient (Wildman–Crippen LogP) is 0.0285. The molecule has 3 amide bonds. The lowest BCUT2D eigenvalue weighted by molar-refractivity contribution is -0.136. The van der Waals surface area contributed by atoms with Crippen LogP contribution >= 0.6 is 0 Å². The van der Waals surface area contributed by atoms with Crippen LogP contribution in [0.25, 0.3) is 0 Å². The maximum absolute atomic E-state index is 12.8. The molecular weight excluding hydrogens is 320 g/mol. The molecular formula is C18H22N4O3. The maximum Gasteiger partial charge on any atom is 0.255 e. The van der Waals surface area contributed by atoms with Crippen LogP contribution in [0.3, 0.4) is 0 Å². The zero-order valence-corrected chi connectivity index (χ0v) is 14.0. The first-order valence-electron chi connectivity index (χ1n) is 8.73. The van der Waals surface area contributed by atoms with E-state index in [1.54, 1.807) is 4.90 Å². The summed E-state index contributed by atoms with van der Waals surface area (Å²) in [6.07, 6.45) is 2.85. The summed E-state index contributed by atoms with van der Waals surface area (Å²) in [5.41, 5.74) is 8.48. The van der Waals surface area contributed by atoms with Gasteiger partial charge < -0.3 is 16.0 Å². The minimum absolute atomic E-state index is 0.0712. The number of carbonyl (C=O) groups is 3. The van der Waals surface area contributed by atoms with Gasteiger partial charge in [-0.2, -0.15) is 0 Å². The van der Waals surface area contributed by atoms with Crippen LogP contribution in [-0.2, 0) is 22.7 Å². The van der Waals surface area contributed by atoms with Gasteiger partial charge in [-0.05, 0) is 36.5 Å². The van der Waals surface area contributed by atoms with E-state index < -0.39 is 6.04 Å². The van der Waals surface area contributed by atoms with Gasteiger partial charge in [0.2, 0.25) is 11.8 Å². The molecule has 0 aromatic heterocycles. The Morgan fingerprint density at radius 2 is 2.08 bits per heavy atom. The number of piperidine rings is 1. The largest absolute Gasteiger partial charge is 0.329 e. The molecule has 4 N–H and O–H groups in total. The zero-order valence-electron chi connectivity index (χ0n) is 14.0. The second kappa shape index (κ2) is 5.93. The third-order valence-electron chi connectivity index (χ3n) is 5.50. The SMILES string of the molecule is NCC1(NCc2ccc3c(c2)C(=O)N(C2CCC(=O)NC2=O)C3)CC1. The molecule has 1 saturated carbocycles. The van der Waals surface area contributed by atoms with E-state index in [4.69, 9.17) is 5.73 Å². The standard InChI is InChI=1S/C18H22N4O3/c19-10-18(5-6-18)20-8-11-1-2-12-9-22(17(25)13(12)7-11)14-3-4-15(23)21-16(14)24/h1-2,7,14,20H,3-6,8-10,19H2,(H,21,23,24). The summed E-state index contributed by atoms with van der Waals surface area (Å²) in [6.45, 7) is 1.72. The minimum atomic E-state index is -0.564. The van der Waals surface area contributed by atoms with Crippen LogP contribution in [0.1, 0.15) is 47.2 Å². The number of hydrogen-bond acceptors (Lipinski definition) is 5. The molecule has 2 aliphatic heterocycles. The predicted molar refractivity (Wildman–Crippen MR) is 90.3 cm³/mol. The van der Waals surface area contributed by atoms with Crippen LogP contribution < -0.4 is 16.4 Å². The number of rotatable bonds is 5. The van der Waals surface area contributed by atoms with E-state index in [2.05, 4.69) is 10.6 Å². The Hall–Kier alpha value is -2.25. The molecule has 2 fully saturated rings. The van der Waals surface area contributed by atoms with E-state index in [1.165, 1.54) is 0 Å². The van der Waals surface area contributed by atoms with Crippen LogP contribution in [0.5, 0.6) is 0 Å². The molecule has 1 saturated heterocycles. The molecule has 132 valence electrons. The van der Waals surface area contributed by atoms with Crippen molar-refractivity contribution >= 4 is 17.7 Å². The Balaban J connectivity index is 1.48. The molecule has 4 rings (SSSR count). The molecule has 0 radical (unpaired) electrons. The molecule has 1 aromatic rings. The molecule has 1 aromatic carbocycles. The van der Waals surface area contributed by atoms with E-state index in [-0.39, 0.29) is 29.7 Å². The van der Waals surface area contributed by atoms with Gasteiger partial charge in [-0.15, -0.1) is 0 Å². The van der Waals surface area contributed by atoms with Crippen molar-refractivity contribution < 1.29 is 14.4 Å². The Bertz CT molecular complexity index is 757. The molecule has 2 heterocycles. The Labute approximate surface area is 145 Å². The summed E-state index contributed by atoms with van der Waals surface area (Å²) >= 11 is 0. The fourth-order valence-electron chi connectivity index (χ4n) is 3.61. The van der Waals surface area contributed by atoms with Crippen molar-refractivity contribution in [1.29, 1.82) is 0 Å². The summed E-state index contributed by atoms with van der Waals surface area (Å²) in [5, 5.41) is 5.80. The van der Waals surface area contributed by atoms with Crippen molar-refractivity contribution in [3.05, 3.63) is 34.9 Å². The monoisotopic (exact) mass is 342 g/mol. The summed E-state index contributed by atoms with van der Waals surface area (Å²) in [7, 11) is 0. The van der Waals surface area contributed by atoms with Crippen LogP contribution in [0.4, 0.5) is 0 Å². The average Bonchev–Trinajstić information content (AvgIpc) is 3.32. The van der Waals surface area contributed by atoms with Crippen LogP contribution in [0.2, 0.25) is 0 Å². The van der Waals surface area contributed by atoms with Gasteiger partial charge >= 0.3 is 0 Å². The van der Waals surface area contributed by atoms with E-state index in [0.29, 0.717) is 31.6 Å². The quantitative estimate of drug-likeness (QED) is 0.655. The number of nitrogens with two attached hydrogens (primary N) is 1. The topological polar surface area (TPSA) is 105 Å². The normalized spacial score (nSPS) is 24.3. The van der Waals surface area contributed by atoms with Crippen LogP contribution in [0, 0.1) is 0 Å². The first-order valence-corrected chi connectivity index (χ1v) is 8.73. The first-order chi connectivity index (χ1) is 12.0. The highest BCUT2D eigenvalue weighted by Crippen LogP contribution is 2.34. The van der Waals surface area contributed by atoms with Crippen molar-refractivity contribution in [3.63, 3.8) is 0 Å². The van der Waals surface area contributed by atoms with Gasteiger partial charge in [-0.1, -0.05) is 12.1 Å². The highest BCUT2D eigenvalue weighted by atomic mass is 16.2. The van der Waals surface area contributed by atoms with Gasteiger partial charge in [0.15, 0.2) is 0 Å². The fourth-order valence-corrected chi connectivity index (χ4v) is 3.61. The van der Waals surface area contributed by atoms with Crippen LogP contribution in [0.15, 0.2) is 18.2 Å². The van der Waals surface area contributed by atoms with Crippen molar-refractivity contribution in [3.8, 4) is 0 Å². The lowest BCUT2D eigenvalue weighted by Gasteiger charge is -2.29. The molecule has 1 aliphatic carbocycles. The van der Waals surface area contributed by atoms with E-state index in [1.807, 2.05) is 18.2 Å². The van der Waals surface area contributed by atoms with E-state index >= 15 is 0 Å². The number of hydrogen-bond donors (Lipinski definition) is 3. The minimum Gasteiger partial charge on any atom is -0.329 e. The summed E-state index contributed by atoms with van der Waals surface area (Å²) in [4.78, 5) is 37.7. The molecule has 3 aliphatic rings. The Morgan fingerprint density at radius 3 is 2.76 bits per heavy atom. The number of nitrogens with zero attached hydrogens (tertiary/aromatic N) is 1. The van der Waals surface area contributed by atoms with Gasteiger partial charge in [-0.25, -0.2) is 0 Å². The number of fused-ring (bicyclic) bond motifs is 1. The second-order valence-electron chi connectivity index (χ2n) is 7.23. The number of benzene rings is 1. The number of imide groups is 1. The Kier molecular flexibility index (Phi) is 3.85. The van der Waals surface area contributed by atoms with Crippen molar-refractivity contribution in [2.24, 2.45) is 5.73 Å². The summed E-state index contributed by atoms with van der Waals surface area (Å²) in [5.74, 6) is -0.781. The number of carbonyl (C=O) groups excluding carboxylic acids is 3. The van der Waals surface area contributed by atoms with E-state index in [9.17, 15) is 14.4 Å². The molecule has 7 nitrogen and oxygen atoms in total. The number of amides is 3. The van der Waals surface area contributed by atoms with Crippen molar-refractivity contribution in [2.75, 3.05) is 6.54 Å². The van der Waals surface area contributed by atoms with Gasteiger partial charge in [-0.3, -0.25) is 19.7 Å². The van der Waals surface area contributed by atoms with Crippen molar-refractivity contribution in [2.45, 2.75) is 50.4 Å². The summed E-state index contributed by atoms with van der Waals surface area (Å²) < 4.78 is 0. The average molecular weight is 342 g/mol. The third-order valence-corrected chi connectivity index (χ3v) is 5.50. The first kappa shape index (κ1) is 16.2. The second-order valence-corrected chi connectivity index (χ2v) is 7.23. The molecule has 0 spiro atoms. The highest BCUT2D eigenvalue weighted by molar-refractivity contribution is 6.05. The van der Waals surface area contributed by atoms with Gasteiger partial charge in [0, 0.05) is 37.2 Å². The van der Waals surface area contributed by atoms with Gasteiger partial charge in [0.25, 0.3) is 5.91 Å². The fraction of sp³-hybridized carbons (Fsp3) is 0.500. The maximum atomic E-state index is 12.8. The smallest absolute Gasteiger partial charge is 0.255 e. The van der Waals surface area contributed by atoms with Crippen molar-refractivity contribution in [1.82, 2.24) is 15.5 Å². The number of nitrogens with one attached hydrogen (secondary N) is 2. The molecule has 0 bridgehead atoms.